The fraction of sp³-hybridized carbons (Fsp3) is 0.200. The zero-order valence-electron chi connectivity index (χ0n) is 16.2. The van der Waals surface area contributed by atoms with Gasteiger partial charge in [-0.1, -0.05) is 12.1 Å². The second-order valence-electron chi connectivity index (χ2n) is 6.31. The molecule has 9 heteroatoms. The van der Waals surface area contributed by atoms with Crippen LogP contribution in [0, 0.1) is 13.8 Å². The van der Waals surface area contributed by atoms with Gasteiger partial charge < -0.3 is 15.4 Å². The van der Waals surface area contributed by atoms with Crippen LogP contribution >= 0.6 is 11.3 Å². The number of ether oxygens (including phenoxy) is 1. The molecule has 3 aromatic rings. The number of carbonyl (C=O) groups is 3. The molecule has 2 amide bonds. The molecule has 150 valence electrons. The number of carbonyl (C=O) groups excluding carboxylic acids is 3. The molecule has 0 aliphatic heterocycles. The minimum atomic E-state index is -0.660. The Morgan fingerprint density at radius 1 is 1.14 bits per heavy atom. The summed E-state index contributed by atoms with van der Waals surface area (Å²) in [5.41, 5.74) is 2.78. The summed E-state index contributed by atoms with van der Waals surface area (Å²) in [5, 5.41) is 11.5. The van der Waals surface area contributed by atoms with Crippen LogP contribution in [-0.2, 0) is 16.6 Å². The molecular formula is C20H20N4O4S. The van der Waals surface area contributed by atoms with Crippen LogP contribution in [0.1, 0.15) is 31.4 Å². The van der Waals surface area contributed by atoms with Crippen molar-refractivity contribution in [3.63, 3.8) is 0 Å². The molecule has 0 bridgehead atoms. The van der Waals surface area contributed by atoms with Crippen molar-refractivity contribution in [2.24, 2.45) is 7.05 Å². The minimum Gasteiger partial charge on any atom is -0.452 e. The molecule has 29 heavy (non-hydrogen) atoms. The molecule has 0 saturated carbocycles. The van der Waals surface area contributed by atoms with Crippen molar-refractivity contribution < 1.29 is 19.1 Å². The number of nitrogens with zero attached hydrogens (tertiary/aromatic N) is 2. The van der Waals surface area contributed by atoms with Gasteiger partial charge in [0, 0.05) is 12.7 Å². The summed E-state index contributed by atoms with van der Waals surface area (Å²) in [6.07, 6.45) is 0. The van der Waals surface area contributed by atoms with Crippen LogP contribution < -0.4 is 10.6 Å². The molecule has 1 aromatic carbocycles. The predicted octanol–water partition coefficient (Wildman–Crippen LogP) is 3.15. The van der Waals surface area contributed by atoms with Gasteiger partial charge in [-0.05, 0) is 43.5 Å². The Morgan fingerprint density at radius 3 is 2.59 bits per heavy atom. The van der Waals surface area contributed by atoms with Gasteiger partial charge >= 0.3 is 5.97 Å². The maximum Gasteiger partial charge on any atom is 0.338 e. The van der Waals surface area contributed by atoms with Gasteiger partial charge in [0.2, 0.25) is 0 Å². The maximum atomic E-state index is 12.3. The van der Waals surface area contributed by atoms with Gasteiger partial charge in [-0.2, -0.15) is 5.10 Å². The first-order chi connectivity index (χ1) is 13.8. The number of hydrogen-bond donors (Lipinski definition) is 2. The zero-order valence-corrected chi connectivity index (χ0v) is 17.0. The van der Waals surface area contributed by atoms with E-state index in [1.807, 2.05) is 12.3 Å². The Morgan fingerprint density at radius 2 is 1.93 bits per heavy atom. The second kappa shape index (κ2) is 8.70. The third kappa shape index (κ3) is 4.88. The topological polar surface area (TPSA) is 102 Å². The summed E-state index contributed by atoms with van der Waals surface area (Å²) in [6.45, 7) is 3.18. The number of rotatable bonds is 6. The third-order valence-electron chi connectivity index (χ3n) is 4.21. The van der Waals surface area contributed by atoms with E-state index in [0.29, 0.717) is 21.9 Å². The highest BCUT2D eigenvalue weighted by Crippen LogP contribution is 2.18. The Balaban J connectivity index is 1.58. The lowest BCUT2D eigenvalue weighted by Crippen LogP contribution is -2.21. The SMILES string of the molecule is Cc1nn(C)c(C)c1NC(=O)COC(=O)c1cccc(NC(=O)c2cccs2)c1. The molecule has 8 nitrogen and oxygen atoms in total. The number of amides is 2. The molecule has 2 N–H and O–H groups in total. The van der Waals surface area contributed by atoms with Crippen LogP contribution in [0.4, 0.5) is 11.4 Å². The first-order valence-electron chi connectivity index (χ1n) is 8.77. The fourth-order valence-electron chi connectivity index (χ4n) is 2.67. The van der Waals surface area contributed by atoms with Crippen molar-refractivity contribution >= 4 is 40.5 Å². The molecule has 0 atom stereocenters. The zero-order chi connectivity index (χ0) is 21.0. The van der Waals surface area contributed by atoms with Crippen LogP contribution in [-0.4, -0.2) is 34.2 Å². The molecule has 0 saturated heterocycles. The lowest BCUT2D eigenvalue weighted by atomic mass is 10.2. The van der Waals surface area contributed by atoms with Gasteiger partial charge in [-0.3, -0.25) is 14.3 Å². The van der Waals surface area contributed by atoms with E-state index in [0.717, 1.165) is 5.69 Å². The Labute approximate surface area is 171 Å². The van der Waals surface area contributed by atoms with Gasteiger partial charge in [0.25, 0.3) is 11.8 Å². The van der Waals surface area contributed by atoms with E-state index in [4.69, 9.17) is 4.74 Å². The molecule has 3 rings (SSSR count). The highest BCUT2D eigenvalue weighted by molar-refractivity contribution is 7.12. The van der Waals surface area contributed by atoms with E-state index < -0.39 is 18.5 Å². The lowest BCUT2D eigenvalue weighted by Gasteiger charge is -2.08. The van der Waals surface area contributed by atoms with E-state index in [1.165, 1.54) is 17.4 Å². The van der Waals surface area contributed by atoms with E-state index in [1.54, 1.807) is 49.0 Å². The number of aromatic nitrogens is 2. The number of esters is 1. The van der Waals surface area contributed by atoms with Crippen molar-refractivity contribution in [3.05, 3.63) is 63.6 Å². The molecule has 0 spiro atoms. The van der Waals surface area contributed by atoms with Crippen LogP contribution in [0.15, 0.2) is 41.8 Å². The quantitative estimate of drug-likeness (QED) is 0.606. The normalized spacial score (nSPS) is 10.4. The molecular weight excluding hydrogens is 392 g/mol. The van der Waals surface area contributed by atoms with Gasteiger partial charge in [0.05, 0.1) is 27.5 Å². The van der Waals surface area contributed by atoms with Gasteiger partial charge in [-0.15, -0.1) is 11.3 Å². The fourth-order valence-corrected chi connectivity index (χ4v) is 3.29. The van der Waals surface area contributed by atoms with Crippen LogP contribution in [0.5, 0.6) is 0 Å². The summed E-state index contributed by atoms with van der Waals surface area (Å²) in [7, 11) is 1.78. The lowest BCUT2D eigenvalue weighted by molar-refractivity contribution is -0.119. The summed E-state index contributed by atoms with van der Waals surface area (Å²) in [5.74, 6) is -1.38. The number of anilines is 2. The number of nitrogens with one attached hydrogen (secondary N) is 2. The second-order valence-corrected chi connectivity index (χ2v) is 7.25. The van der Waals surface area contributed by atoms with E-state index >= 15 is 0 Å². The van der Waals surface area contributed by atoms with E-state index in [2.05, 4.69) is 15.7 Å². The first-order valence-corrected chi connectivity index (χ1v) is 9.65. The van der Waals surface area contributed by atoms with E-state index in [9.17, 15) is 14.4 Å². The number of aryl methyl sites for hydroxylation is 2. The molecule has 0 fully saturated rings. The van der Waals surface area contributed by atoms with Crippen molar-refractivity contribution in [2.75, 3.05) is 17.2 Å². The standard InChI is InChI=1S/C20H20N4O4S/c1-12-18(13(2)24(3)23-12)22-17(25)11-28-20(27)14-6-4-7-15(10-14)21-19(26)16-8-5-9-29-16/h4-10H,11H2,1-3H3,(H,21,26)(H,22,25). The van der Waals surface area contributed by atoms with E-state index in [-0.39, 0.29) is 11.5 Å². The molecule has 0 radical (unpaired) electrons. The molecule has 2 heterocycles. The summed E-state index contributed by atoms with van der Waals surface area (Å²) >= 11 is 1.32. The number of benzene rings is 1. The Bertz CT molecular complexity index is 1060. The van der Waals surface area contributed by atoms with Gasteiger partial charge in [0.1, 0.15) is 0 Å². The van der Waals surface area contributed by atoms with Gasteiger partial charge in [0.15, 0.2) is 6.61 Å². The number of thiophene rings is 1. The Hall–Kier alpha value is -3.46. The molecule has 0 aliphatic carbocycles. The van der Waals surface area contributed by atoms with Gasteiger partial charge in [-0.25, -0.2) is 4.79 Å². The Kier molecular flexibility index (Phi) is 6.08. The average molecular weight is 412 g/mol. The summed E-state index contributed by atoms with van der Waals surface area (Å²) < 4.78 is 6.75. The highest BCUT2D eigenvalue weighted by atomic mass is 32.1. The largest absolute Gasteiger partial charge is 0.452 e. The summed E-state index contributed by atoms with van der Waals surface area (Å²) in [4.78, 5) is 37.1. The summed E-state index contributed by atoms with van der Waals surface area (Å²) in [6, 6.07) is 9.85. The van der Waals surface area contributed by atoms with Crippen molar-refractivity contribution in [2.45, 2.75) is 13.8 Å². The smallest absolute Gasteiger partial charge is 0.338 e. The van der Waals surface area contributed by atoms with Crippen LogP contribution in [0.2, 0.25) is 0 Å². The van der Waals surface area contributed by atoms with Crippen LogP contribution in [0.25, 0.3) is 0 Å². The molecule has 0 unspecified atom stereocenters. The average Bonchev–Trinajstić information content (AvgIpc) is 3.31. The van der Waals surface area contributed by atoms with Crippen LogP contribution in [0.3, 0.4) is 0 Å². The van der Waals surface area contributed by atoms with Crippen molar-refractivity contribution in [1.29, 1.82) is 0 Å². The maximum absolute atomic E-state index is 12.3. The first kappa shape index (κ1) is 20.3. The van der Waals surface area contributed by atoms with Crippen molar-refractivity contribution in [1.82, 2.24) is 9.78 Å². The minimum absolute atomic E-state index is 0.232. The highest BCUT2D eigenvalue weighted by Gasteiger charge is 2.15. The monoisotopic (exact) mass is 412 g/mol. The molecule has 0 aliphatic rings. The third-order valence-corrected chi connectivity index (χ3v) is 5.08. The molecule has 2 aromatic heterocycles. The predicted molar refractivity (Wildman–Crippen MR) is 110 cm³/mol. The number of hydrogen-bond acceptors (Lipinski definition) is 6. The van der Waals surface area contributed by atoms with Crippen molar-refractivity contribution in [3.8, 4) is 0 Å².